The largest absolute Gasteiger partial charge is 0.435 e. The van der Waals surface area contributed by atoms with Gasteiger partial charge < -0.3 is 4.74 Å². The maximum absolute atomic E-state index is 5.71. The minimum Gasteiger partial charge on any atom is -0.435 e. The van der Waals surface area contributed by atoms with Crippen LogP contribution in [0.1, 0.15) is 5.69 Å². The molecule has 3 aromatic rings. The van der Waals surface area contributed by atoms with Crippen molar-refractivity contribution in [2.75, 3.05) is 0 Å². The van der Waals surface area contributed by atoms with Crippen molar-refractivity contribution in [3.05, 3.63) is 54.6 Å². The topological polar surface area (TPSA) is 47.9 Å². The third-order valence-electron chi connectivity index (χ3n) is 2.63. The van der Waals surface area contributed by atoms with Crippen LogP contribution < -0.4 is 4.74 Å². The monoisotopic (exact) mass is 271 g/mol. The van der Waals surface area contributed by atoms with Crippen molar-refractivity contribution >= 4 is 22.5 Å². The van der Waals surface area contributed by atoms with E-state index in [4.69, 9.17) is 16.3 Å². The van der Waals surface area contributed by atoms with Crippen LogP contribution in [0.15, 0.2) is 48.9 Å². The van der Waals surface area contributed by atoms with Crippen LogP contribution in [-0.4, -0.2) is 15.0 Å². The van der Waals surface area contributed by atoms with Crippen LogP contribution in [0.5, 0.6) is 11.6 Å². The second-order valence-electron chi connectivity index (χ2n) is 3.91. The van der Waals surface area contributed by atoms with Gasteiger partial charge in [-0.2, -0.15) is 0 Å². The summed E-state index contributed by atoms with van der Waals surface area (Å²) in [6, 6.07) is 9.63. The van der Waals surface area contributed by atoms with E-state index in [-0.39, 0.29) is 0 Å². The summed E-state index contributed by atoms with van der Waals surface area (Å²) in [7, 11) is 0. The maximum Gasteiger partial charge on any atom is 0.237 e. The maximum atomic E-state index is 5.71. The second kappa shape index (κ2) is 5.20. The van der Waals surface area contributed by atoms with Gasteiger partial charge in [-0.15, -0.1) is 11.6 Å². The Morgan fingerprint density at radius 3 is 2.68 bits per heavy atom. The number of hydrogen-bond donors (Lipinski definition) is 0. The Hall–Kier alpha value is -2.20. The van der Waals surface area contributed by atoms with Gasteiger partial charge in [0, 0.05) is 11.6 Å². The van der Waals surface area contributed by atoms with E-state index >= 15 is 0 Å². The molecule has 0 saturated heterocycles. The molecule has 5 heteroatoms. The van der Waals surface area contributed by atoms with E-state index in [1.807, 2.05) is 30.3 Å². The molecule has 0 N–H and O–H groups in total. The predicted molar refractivity (Wildman–Crippen MR) is 73.4 cm³/mol. The summed E-state index contributed by atoms with van der Waals surface area (Å²) in [5.41, 5.74) is 1.51. The van der Waals surface area contributed by atoms with Crippen molar-refractivity contribution in [3.63, 3.8) is 0 Å². The number of halogens is 1. The summed E-state index contributed by atoms with van der Waals surface area (Å²) >= 11 is 5.66. The van der Waals surface area contributed by atoms with Gasteiger partial charge in [-0.3, -0.25) is 9.97 Å². The number of para-hydroxylation sites is 1. The molecule has 3 rings (SSSR count). The van der Waals surface area contributed by atoms with Gasteiger partial charge in [0.25, 0.3) is 0 Å². The highest BCUT2D eigenvalue weighted by atomic mass is 35.5. The lowest BCUT2D eigenvalue weighted by molar-refractivity contribution is 0.463. The zero-order valence-electron chi connectivity index (χ0n) is 9.95. The predicted octanol–water partition coefficient (Wildman–Crippen LogP) is 3.56. The van der Waals surface area contributed by atoms with Gasteiger partial charge in [0.2, 0.25) is 5.88 Å². The summed E-state index contributed by atoms with van der Waals surface area (Å²) in [5.74, 6) is 1.42. The highest BCUT2D eigenvalue weighted by Gasteiger charge is 2.05. The van der Waals surface area contributed by atoms with Crippen LogP contribution >= 0.6 is 11.6 Å². The molecule has 2 aromatic heterocycles. The minimum atomic E-state index is 0.336. The van der Waals surface area contributed by atoms with Crippen LogP contribution in [0.25, 0.3) is 10.9 Å². The van der Waals surface area contributed by atoms with Crippen molar-refractivity contribution < 1.29 is 4.74 Å². The molecule has 0 atom stereocenters. The molecule has 19 heavy (non-hydrogen) atoms. The Labute approximate surface area is 115 Å². The lowest BCUT2D eigenvalue weighted by Gasteiger charge is -2.07. The number of alkyl halides is 1. The third kappa shape index (κ3) is 2.48. The average Bonchev–Trinajstić information content (AvgIpc) is 2.48. The first-order chi connectivity index (χ1) is 9.36. The van der Waals surface area contributed by atoms with Crippen LogP contribution in [-0.2, 0) is 5.88 Å². The van der Waals surface area contributed by atoms with Gasteiger partial charge in [0.05, 0.1) is 24.0 Å². The Bertz CT molecular complexity index is 695. The highest BCUT2D eigenvalue weighted by molar-refractivity contribution is 6.16. The molecular weight excluding hydrogens is 262 g/mol. The number of rotatable bonds is 3. The number of pyridine rings is 1. The Morgan fingerprint density at radius 2 is 1.89 bits per heavy atom. The quantitative estimate of drug-likeness (QED) is 0.684. The number of ether oxygens (including phenoxy) is 1. The van der Waals surface area contributed by atoms with Crippen LogP contribution in [0.4, 0.5) is 0 Å². The Kier molecular flexibility index (Phi) is 3.25. The van der Waals surface area contributed by atoms with Crippen molar-refractivity contribution in [1.29, 1.82) is 0 Å². The molecule has 0 amide bonds. The smallest absolute Gasteiger partial charge is 0.237 e. The van der Waals surface area contributed by atoms with E-state index in [1.165, 1.54) is 0 Å². The van der Waals surface area contributed by atoms with Crippen molar-refractivity contribution in [2.24, 2.45) is 0 Å². The number of fused-ring (bicyclic) bond motifs is 1. The van der Waals surface area contributed by atoms with E-state index in [0.717, 1.165) is 10.9 Å². The summed E-state index contributed by atoms with van der Waals surface area (Å²) in [6.45, 7) is 0. The van der Waals surface area contributed by atoms with E-state index in [0.29, 0.717) is 23.2 Å². The van der Waals surface area contributed by atoms with E-state index in [2.05, 4.69) is 15.0 Å². The molecule has 0 bridgehead atoms. The number of aromatic nitrogens is 3. The third-order valence-corrected chi connectivity index (χ3v) is 2.90. The van der Waals surface area contributed by atoms with Gasteiger partial charge in [-0.25, -0.2) is 4.98 Å². The van der Waals surface area contributed by atoms with Crippen LogP contribution in [0.2, 0.25) is 0 Å². The number of nitrogens with zero attached hydrogens (tertiary/aromatic N) is 3. The fraction of sp³-hybridized carbons (Fsp3) is 0.0714. The SMILES string of the molecule is ClCc1cnc(Oc2cccc3cccnc23)cn1. The first-order valence-corrected chi connectivity index (χ1v) is 6.29. The fourth-order valence-corrected chi connectivity index (χ4v) is 1.87. The number of hydrogen-bond acceptors (Lipinski definition) is 4. The Morgan fingerprint density at radius 1 is 1.00 bits per heavy atom. The second-order valence-corrected chi connectivity index (χ2v) is 4.18. The molecule has 94 valence electrons. The summed E-state index contributed by atoms with van der Waals surface area (Å²) in [6.07, 6.45) is 4.89. The van der Waals surface area contributed by atoms with Crippen molar-refractivity contribution in [2.45, 2.75) is 5.88 Å². The van der Waals surface area contributed by atoms with Crippen molar-refractivity contribution in [1.82, 2.24) is 15.0 Å². The number of benzene rings is 1. The molecule has 0 aliphatic carbocycles. The minimum absolute atomic E-state index is 0.336. The fourth-order valence-electron chi connectivity index (χ4n) is 1.74. The normalized spacial score (nSPS) is 10.6. The molecule has 2 heterocycles. The molecule has 0 saturated carbocycles. The molecular formula is C14H10ClN3O. The molecule has 0 spiro atoms. The molecule has 4 nitrogen and oxygen atoms in total. The molecule has 0 unspecified atom stereocenters. The summed E-state index contributed by atoms with van der Waals surface area (Å²) < 4.78 is 5.71. The Balaban J connectivity index is 1.96. The zero-order chi connectivity index (χ0) is 13.1. The van der Waals surface area contributed by atoms with Gasteiger partial charge in [0.1, 0.15) is 5.52 Å². The van der Waals surface area contributed by atoms with Gasteiger partial charge in [-0.05, 0) is 12.1 Å². The summed E-state index contributed by atoms with van der Waals surface area (Å²) in [4.78, 5) is 12.6. The lowest BCUT2D eigenvalue weighted by atomic mass is 10.2. The standard InChI is InChI=1S/C14H10ClN3O/c15-7-11-8-18-13(9-17-11)19-12-5-1-3-10-4-2-6-16-14(10)12/h1-6,8-9H,7H2. The molecule has 0 aliphatic rings. The first kappa shape index (κ1) is 11.9. The van der Waals surface area contributed by atoms with Gasteiger partial charge in [-0.1, -0.05) is 18.2 Å². The first-order valence-electron chi connectivity index (χ1n) is 5.75. The van der Waals surface area contributed by atoms with Crippen LogP contribution in [0.3, 0.4) is 0 Å². The van der Waals surface area contributed by atoms with Crippen LogP contribution in [0, 0.1) is 0 Å². The molecule has 0 radical (unpaired) electrons. The zero-order valence-corrected chi connectivity index (χ0v) is 10.7. The molecule has 0 fully saturated rings. The van der Waals surface area contributed by atoms with E-state index in [1.54, 1.807) is 18.6 Å². The molecule has 1 aromatic carbocycles. The van der Waals surface area contributed by atoms with Gasteiger partial charge in [0.15, 0.2) is 5.75 Å². The van der Waals surface area contributed by atoms with Crippen molar-refractivity contribution in [3.8, 4) is 11.6 Å². The molecule has 0 aliphatic heterocycles. The highest BCUT2D eigenvalue weighted by Crippen LogP contribution is 2.26. The lowest BCUT2D eigenvalue weighted by Crippen LogP contribution is -1.93. The van der Waals surface area contributed by atoms with E-state index in [9.17, 15) is 0 Å². The summed E-state index contributed by atoms with van der Waals surface area (Å²) in [5, 5.41) is 1.02. The van der Waals surface area contributed by atoms with Gasteiger partial charge >= 0.3 is 0 Å². The van der Waals surface area contributed by atoms with E-state index < -0.39 is 0 Å². The average molecular weight is 272 g/mol.